The highest BCUT2D eigenvalue weighted by atomic mass is 19.4. The molecule has 0 aromatic carbocycles. The molecule has 2 aromatic rings. The Labute approximate surface area is 205 Å². The lowest BCUT2D eigenvalue weighted by Gasteiger charge is -2.38. The average molecular weight is 495 g/mol. The molecule has 1 saturated heterocycles. The van der Waals surface area contributed by atoms with Gasteiger partial charge < -0.3 is 9.64 Å². The van der Waals surface area contributed by atoms with E-state index < -0.39 is 17.7 Å². The van der Waals surface area contributed by atoms with Crippen LogP contribution < -0.4 is 0 Å². The first-order chi connectivity index (χ1) is 16.2. The van der Waals surface area contributed by atoms with Crippen molar-refractivity contribution in [3.05, 3.63) is 28.7 Å². The van der Waals surface area contributed by atoms with Crippen molar-refractivity contribution < 1.29 is 22.7 Å². The van der Waals surface area contributed by atoms with Gasteiger partial charge in [0.1, 0.15) is 5.60 Å². The summed E-state index contributed by atoms with van der Waals surface area (Å²) in [5, 5.41) is 4.90. The van der Waals surface area contributed by atoms with Crippen LogP contribution in [-0.4, -0.2) is 50.5 Å². The summed E-state index contributed by atoms with van der Waals surface area (Å²) in [6, 6.07) is 1.94. The molecule has 0 spiro atoms. The van der Waals surface area contributed by atoms with E-state index in [-0.39, 0.29) is 30.8 Å². The number of alkyl halides is 3. The van der Waals surface area contributed by atoms with Gasteiger partial charge in [-0.3, -0.25) is 0 Å². The number of carbonyl (C=O) groups excluding carboxylic acids is 1. The number of piperidine rings is 1. The van der Waals surface area contributed by atoms with Crippen LogP contribution in [0.1, 0.15) is 94.3 Å². The second-order valence-corrected chi connectivity index (χ2v) is 11.4. The molecule has 2 fully saturated rings. The van der Waals surface area contributed by atoms with E-state index in [9.17, 15) is 18.0 Å². The molecule has 2 atom stereocenters. The number of likely N-dealkylation sites (tertiary alicyclic amines) is 1. The minimum absolute atomic E-state index is 0.00537. The Balaban J connectivity index is 1.64. The average Bonchev–Trinajstić information content (AvgIpc) is 3.17. The number of amides is 1. The fourth-order valence-corrected chi connectivity index (χ4v) is 5.51. The number of nitrogens with zero attached hydrogens (tertiary/aromatic N) is 4. The van der Waals surface area contributed by atoms with Crippen LogP contribution in [0.5, 0.6) is 0 Å². The van der Waals surface area contributed by atoms with Crippen molar-refractivity contribution in [3.8, 4) is 0 Å². The highest BCUT2D eigenvalue weighted by molar-refractivity contribution is 5.68. The lowest BCUT2D eigenvalue weighted by atomic mass is 9.80. The molecular formula is C26H37F3N4O2. The van der Waals surface area contributed by atoms with Crippen molar-refractivity contribution in [1.82, 2.24) is 19.5 Å². The van der Waals surface area contributed by atoms with Gasteiger partial charge in [-0.25, -0.2) is 14.3 Å². The number of hydrogen-bond donors (Lipinski definition) is 0. The number of aryl methyl sites for hydroxylation is 1. The Kier molecular flexibility index (Phi) is 6.83. The van der Waals surface area contributed by atoms with Crippen LogP contribution in [0.25, 0.3) is 5.65 Å². The third kappa shape index (κ3) is 5.43. The fourth-order valence-electron chi connectivity index (χ4n) is 5.51. The van der Waals surface area contributed by atoms with Crippen LogP contribution in [0.4, 0.5) is 18.0 Å². The van der Waals surface area contributed by atoms with Crippen LogP contribution >= 0.6 is 0 Å². The van der Waals surface area contributed by atoms with E-state index in [1.54, 1.807) is 4.90 Å². The normalized spacial score (nSPS) is 26.3. The van der Waals surface area contributed by atoms with E-state index in [0.29, 0.717) is 31.8 Å². The Morgan fingerprint density at radius 1 is 1.09 bits per heavy atom. The van der Waals surface area contributed by atoms with Crippen LogP contribution in [0.15, 0.2) is 6.07 Å². The largest absolute Gasteiger partial charge is 0.444 e. The van der Waals surface area contributed by atoms with Gasteiger partial charge in [-0.05, 0) is 78.2 Å². The molecule has 0 bridgehead atoms. The minimum atomic E-state index is -4.12. The zero-order chi connectivity index (χ0) is 25.7. The Hall–Kier alpha value is -2.32. The van der Waals surface area contributed by atoms with E-state index in [4.69, 9.17) is 14.8 Å². The van der Waals surface area contributed by atoms with Gasteiger partial charge >= 0.3 is 12.3 Å². The fraction of sp³-hybridized carbons (Fsp3) is 0.731. The quantitative estimate of drug-likeness (QED) is 0.475. The van der Waals surface area contributed by atoms with Crippen molar-refractivity contribution in [1.29, 1.82) is 0 Å². The zero-order valence-electron chi connectivity index (χ0n) is 21.6. The highest BCUT2D eigenvalue weighted by Crippen LogP contribution is 2.43. The molecule has 2 aliphatic rings. The van der Waals surface area contributed by atoms with E-state index in [0.717, 1.165) is 34.7 Å². The summed E-state index contributed by atoms with van der Waals surface area (Å²) in [6.45, 7) is 13.0. The molecule has 2 aromatic heterocycles. The van der Waals surface area contributed by atoms with E-state index in [2.05, 4.69) is 6.92 Å². The van der Waals surface area contributed by atoms with Crippen LogP contribution in [0.3, 0.4) is 0 Å². The highest BCUT2D eigenvalue weighted by Gasteiger charge is 2.42. The maximum absolute atomic E-state index is 13.1. The molecule has 6 nitrogen and oxygen atoms in total. The molecule has 4 rings (SSSR count). The molecule has 1 saturated carbocycles. The van der Waals surface area contributed by atoms with Gasteiger partial charge in [0.2, 0.25) is 0 Å². The summed E-state index contributed by atoms with van der Waals surface area (Å²) < 4.78 is 46.9. The Bertz CT molecular complexity index is 1080. The first-order valence-corrected chi connectivity index (χ1v) is 12.7. The van der Waals surface area contributed by atoms with E-state index in [1.807, 2.05) is 45.2 Å². The first kappa shape index (κ1) is 25.8. The summed E-state index contributed by atoms with van der Waals surface area (Å²) >= 11 is 0. The monoisotopic (exact) mass is 494 g/mol. The van der Waals surface area contributed by atoms with Gasteiger partial charge in [0.25, 0.3) is 0 Å². The number of fused-ring (bicyclic) bond motifs is 1. The molecule has 3 heterocycles. The van der Waals surface area contributed by atoms with Crippen LogP contribution in [-0.2, 0) is 4.74 Å². The molecule has 35 heavy (non-hydrogen) atoms. The Morgan fingerprint density at radius 2 is 1.74 bits per heavy atom. The van der Waals surface area contributed by atoms with Crippen LogP contribution in [0, 0.1) is 25.7 Å². The third-order valence-electron chi connectivity index (χ3n) is 7.72. The summed E-state index contributed by atoms with van der Waals surface area (Å²) in [4.78, 5) is 19.3. The molecular weight excluding hydrogens is 457 g/mol. The summed E-state index contributed by atoms with van der Waals surface area (Å²) in [7, 11) is 0. The number of hydrogen-bond acceptors (Lipinski definition) is 4. The lowest BCUT2D eigenvalue weighted by Crippen LogP contribution is -2.45. The third-order valence-corrected chi connectivity index (χ3v) is 7.72. The summed E-state index contributed by atoms with van der Waals surface area (Å²) in [5.74, 6) is -0.830. The molecule has 0 unspecified atom stereocenters. The number of aromatic nitrogens is 3. The topological polar surface area (TPSA) is 59.7 Å². The molecule has 1 aliphatic carbocycles. The van der Waals surface area contributed by atoms with Crippen molar-refractivity contribution in [2.45, 2.75) is 97.3 Å². The first-order valence-electron chi connectivity index (χ1n) is 12.7. The molecule has 0 N–H and O–H groups in total. The smallest absolute Gasteiger partial charge is 0.410 e. The Morgan fingerprint density at radius 3 is 2.34 bits per heavy atom. The predicted molar refractivity (Wildman–Crippen MR) is 128 cm³/mol. The van der Waals surface area contributed by atoms with E-state index in [1.165, 1.54) is 0 Å². The lowest BCUT2D eigenvalue weighted by molar-refractivity contribution is -0.182. The van der Waals surface area contributed by atoms with Gasteiger partial charge in [0.05, 0.1) is 17.3 Å². The maximum Gasteiger partial charge on any atom is 0.410 e. The van der Waals surface area contributed by atoms with Gasteiger partial charge in [-0.15, -0.1) is 0 Å². The van der Waals surface area contributed by atoms with Crippen LogP contribution in [0.2, 0.25) is 0 Å². The van der Waals surface area contributed by atoms with Crippen molar-refractivity contribution >= 4 is 11.7 Å². The molecule has 194 valence electrons. The van der Waals surface area contributed by atoms with Gasteiger partial charge in [0, 0.05) is 36.7 Å². The summed E-state index contributed by atoms with van der Waals surface area (Å²) in [5.41, 5.74) is 3.95. The number of rotatable bonds is 2. The second-order valence-electron chi connectivity index (χ2n) is 11.4. The van der Waals surface area contributed by atoms with E-state index >= 15 is 0 Å². The minimum Gasteiger partial charge on any atom is -0.444 e. The van der Waals surface area contributed by atoms with Crippen molar-refractivity contribution in [3.63, 3.8) is 0 Å². The predicted octanol–water partition coefficient (Wildman–Crippen LogP) is 6.54. The molecule has 1 amide bonds. The number of ether oxygens (including phenoxy) is 1. The number of carbonyl (C=O) groups is 1. The SMILES string of the molecule is Cc1nc2cc(C3CCC(C(F)(F)F)CC3)nn2c([C@@H]2CN(C(=O)OC(C)(C)C)CC[C@@H]2C)c1C. The van der Waals surface area contributed by atoms with Gasteiger partial charge in [-0.2, -0.15) is 18.3 Å². The number of halogens is 3. The summed E-state index contributed by atoms with van der Waals surface area (Å²) in [6.07, 6.45) is -2.33. The second kappa shape index (κ2) is 9.28. The zero-order valence-corrected chi connectivity index (χ0v) is 21.6. The molecule has 0 radical (unpaired) electrons. The maximum atomic E-state index is 13.1. The molecule has 1 aliphatic heterocycles. The molecule has 9 heteroatoms. The van der Waals surface area contributed by atoms with Crippen molar-refractivity contribution in [2.75, 3.05) is 13.1 Å². The van der Waals surface area contributed by atoms with Gasteiger partial charge in [0.15, 0.2) is 5.65 Å². The standard InChI is InChI=1S/C26H37F3N4O2/c1-15-11-12-32(24(34)35-25(4,5)6)14-20(15)23-16(2)17(3)30-22-13-21(31-33(22)23)18-7-9-19(10-8-18)26(27,28)29/h13,15,18-20H,7-12,14H2,1-6H3/t15-,18?,19?,20+/m0/s1. The van der Waals surface area contributed by atoms with Crippen molar-refractivity contribution in [2.24, 2.45) is 11.8 Å². The van der Waals surface area contributed by atoms with Gasteiger partial charge in [-0.1, -0.05) is 6.92 Å².